The maximum Gasteiger partial charge on any atom is 0.264 e. The number of thiophene rings is 1. The van der Waals surface area contributed by atoms with E-state index in [0.717, 1.165) is 42.2 Å². The van der Waals surface area contributed by atoms with Crippen LogP contribution in [0.3, 0.4) is 0 Å². The molecule has 3 heterocycles. The Hall–Kier alpha value is -3.46. The fourth-order valence-electron chi connectivity index (χ4n) is 4.35. The molecule has 0 saturated carbocycles. The Morgan fingerprint density at radius 2 is 1.86 bits per heavy atom. The summed E-state index contributed by atoms with van der Waals surface area (Å²) in [5, 5.41) is 10.8. The van der Waals surface area contributed by atoms with E-state index in [2.05, 4.69) is 28.9 Å². The first-order chi connectivity index (χ1) is 18.0. The fourth-order valence-corrected chi connectivity index (χ4v) is 5.04. The second-order valence-electron chi connectivity index (χ2n) is 9.40. The summed E-state index contributed by atoms with van der Waals surface area (Å²) in [6.45, 7) is 7.63. The number of anilines is 1. The Kier molecular flexibility index (Phi) is 9.11. The molecule has 1 saturated heterocycles. The van der Waals surface area contributed by atoms with E-state index in [0.29, 0.717) is 37.0 Å². The fraction of sp³-hybridized carbons (Fsp3) is 0.429. The number of carbonyl (C=O) groups is 2. The predicted molar refractivity (Wildman–Crippen MR) is 147 cm³/mol. The third-order valence-electron chi connectivity index (χ3n) is 6.78. The van der Waals surface area contributed by atoms with Gasteiger partial charge in [0.2, 0.25) is 5.91 Å². The number of benzene rings is 1. The molecular formula is C28H35N5O3S. The Morgan fingerprint density at radius 3 is 2.51 bits per heavy atom. The van der Waals surface area contributed by atoms with Gasteiger partial charge in [-0.25, -0.2) is 0 Å². The normalized spacial score (nSPS) is 14.7. The lowest BCUT2D eigenvalue weighted by atomic mass is 10.1. The van der Waals surface area contributed by atoms with Gasteiger partial charge in [0.05, 0.1) is 17.7 Å². The number of methoxy groups -OCH3 is 1. The Bertz CT molecular complexity index is 1150. The minimum atomic E-state index is -0.0627. The van der Waals surface area contributed by atoms with E-state index >= 15 is 0 Å². The molecule has 0 aliphatic carbocycles. The molecule has 0 unspecified atom stereocenters. The maximum absolute atomic E-state index is 13.3. The average molecular weight is 522 g/mol. The molecule has 0 N–H and O–H groups in total. The molecular weight excluding hydrogens is 486 g/mol. The Balaban J connectivity index is 1.37. The van der Waals surface area contributed by atoms with Crippen LogP contribution >= 0.6 is 11.3 Å². The Morgan fingerprint density at radius 1 is 1.05 bits per heavy atom. The quantitative estimate of drug-likeness (QED) is 0.414. The van der Waals surface area contributed by atoms with Gasteiger partial charge in [0.15, 0.2) is 5.82 Å². The molecule has 1 aliphatic heterocycles. The van der Waals surface area contributed by atoms with Gasteiger partial charge in [-0.15, -0.1) is 21.5 Å². The molecule has 1 fully saturated rings. The number of amides is 2. The number of aromatic nitrogens is 2. The molecule has 1 aliphatic rings. The summed E-state index contributed by atoms with van der Waals surface area (Å²) in [6, 6.07) is 15.4. The highest BCUT2D eigenvalue weighted by Gasteiger charge is 2.26. The molecule has 2 aromatic heterocycles. The third kappa shape index (κ3) is 6.85. The molecule has 0 bridgehead atoms. The number of nitrogens with zero attached hydrogens (tertiary/aromatic N) is 5. The van der Waals surface area contributed by atoms with Crippen LogP contribution in [-0.2, 0) is 4.79 Å². The second kappa shape index (κ2) is 12.7. The second-order valence-corrected chi connectivity index (χ2v) is 10.4. The summed E-state index contributed by atoms with van der Waals surface area (Å²) in [4.78, 5) is 32.8. The van der Waals surface area contributed by atoms with Crippen molar-refractivity contribution < 1.29 is 14.3 Å². The van der Waals surface area contributed by atoms with Gasteiger partial charge >= 0.3 is 0 Å². The molecule has 1 aromatic carbocycles. The topological polar surface area (TPSA) is 78.9 Å². The van der Waals surface area contributed by atoms with Crippen molar-refractivity contribution in [3.63, 3.8) is 0 Å². The summed E-state index contributed by atoms with van der Waals surface area (Å²) >= 11 is 1.42. The first-order valence-corrected chi connectivity index (χ1v) is 13.7. The number of hydrogen-bond acceptors (Lipinski definition) is 7. The van der Waals surface area contributed by atoms with Gasteiger partial charge in [-0.3, -0.25) is 9.59 Å². The van der Waals surface area contributed by atoms with Gasteiger partial charge in [0.25, 0.3) is 5.91 Å². The zero-order chi connectivity index (χ0) is 26.2. The number of ether oxygens (including phenoxy) is 1. The minimum absolute atomic E-state index is 0.00371. The summed E-state index contributed by atoms with van der Waals surface area (Å²) < 4.78 is 5.22. The highest BCUT2D eigenvalue weighted by molar-refractivity contribution is 7.12. The lowest BCUT2D eigenvalue weighted by Gasteiger charge is -2.28. The molecule has 0 radical (unpaired) electrons. The van der Waals surface area contributed by atoms with Crippen molar-refractivity contribution in [2.45, 2.75) is 26.7 Å². The SMILES string of the molecule is CC[C@H](C)CN(CC(=O)N1CCCN(c2ccc(-c3ccc(OC)cc3)nn2)CC1)C(=O)c1cccs1. The van der Waals surface area contributed by atoms with Crippen LogP contribution < -0.4 is 9.64 Å². The van der Waals surface area contributed by atoms with Gasteiger partial charge in [0, 0.05) is 38.3 Å². The van der Waals surface area contributed by atoms with Crippen LogP contribution in [0.4, 0.5) is 5.82 Å². The highest BCUT2D eigenvalue weighted by atomic mass is 32.1. The first-order valence-electron chi connectivity index (χ1n) is 12.8. The van der Waals surface area contributed by atoms with Crippen molar-refractivity contribution in [3.8, 4) is 17.0 Å². The molecule has 37 heavy (non-hydrogen) atoms. The molecule has 4 rings (SSSR count). The van der Waals surface area contributed by atoms with Crippen LogP contribution in [0.25, 0.3) is 11.3 Å². The van der Waals surface area contributed by atoms with Crippen molar-refractivity contribution in [3.05, 3.63) is 58.8 Å². The van der Waals surface area contributed by atoms with Gasteiger partial charge in [0.1, 0.15) is 12.3 Å². The summed E-state index contributed by atoms with van der Waals surface area (Å²) in [7, 11) is 1.65. The van der Waals surface area contributed by atoms with E-state index in [9.17, 15) is 9.59 Å². The van der Waals surface area contributed by atoms with E-state index in [1.54, 1.807) is 12.0 Å². The number of hydrogen-bond donors (Lipinski definition) is 0. The highest BCUT2D eigenvalue weighted by Crippen LogP contribution is 2.22. The molecule has 9 heteroatoms. The van der Waals surface area contributed by atoms with Crippen LogP contribution in [0, 0.1) is 5.92 Å². The van der Waals surface area contributed by atoms with Crippen molar-refractivity contribution >= 4 is 29.0 Å². The number of carbonyl (C=O) groups excluding carboxylic acids is 2. The van der Waals surface area contributed by atoms with Gasteiger partial charge < -0.3 is 19.4 Å². The summed E-state index contributed by atoms with van der Waals surface area (Å²) in [6.07, 6.45) is 1.79. The zero-order valence-corrected chi connectivity index (χ0v) is 22.6. The molecule has 8 nitrogen and oxygen atoms in total. The third-order valence-corrected chi connectivity index (χ3v) is 7.64. The van der Waals surface area contributed by atoms with E-state index in [4.69, 9.17) is 4.74 Å². The van der Waals surface area contributed by atoms with E-state index < -0.39 is 0 Å². The van der Waals surface area contributed by atoms with Crippen LogP contribution in [0.15, 0.2) is 53.9 Å². The largest absolute Gasteiger partial charge is 0.497 e. The molecule has 2 amide bonds. The van der Waals surface area contributed by atoms with Gasteiger partial charge in [-0.05, 0) is 60.2 Å². The monoisotopic (exact) mass is 521 g/mol. The van der Waals surface area contributed by atoms with E-state index in [1.165, 1.54) is 11.3 Å². The smallest absolute Gasteiger partial charge is 0.264 e. The molecule has 196 valence electrons. The van der Waals surface area contributed by atoms with Crippen LogP contribution in [0.2, 0.25) is 0 Å². The standard InChI is InChI=1S/C28H35N5O3S/c1-4-21(2)19-33(28(35)25-7-5-18-37-25)20-27(34)32-15-6-14-31(16-17-32)26-13-12-24(29-30-26)22-8-10-23(36-3)11-9-22/h5,7-13,18,21H,4,6,14-17,19-20H2,1-3H3/t21-/m0/s1. The van der Waals surface area contributed by atoms with Gasteiger partial charge in [-0.2, -0.15) is 0 Å². The van der Waals surface area contributed by atoms with Crippen molar-refractivity contribution in [1.29, 1.82) is 0 Å². The van der Waals surface area contributed by atoms with Crippen LogP contribution in [0.5, 0.6) is 5.75 Å². The predicted octanol–water partition coefficient (Wildman–Crippen LogP) is 4.44. The number of rotatable bonds is 9. The van der Waals surface area contributed by atoms with Crippen LogP contribution in [0.1, 0.15) is 36.4 Å². The van der Waals surface area contributed by atoms with Crippen molar-refractivity contribution in [1.82, 2.24) is 20.0 Å². The molecule has 1 atom stereocenters. The maximum atomic E-state index is 13.3. The average Bonchev–Trinajstić information content (AvgIpc) is 3.36. The zero-order valence-electron chi connectivity index (χ0n) is 21.8. The minimum Gasteiger partial charge on any atom is -0.497 e. The lowest BCUT2D eigenvalue weighted by molar-refractivity contribution is -0.131. The first kappa shape index (κ1) is 26.6. The summed E-state index contributed by atoms with van der Waals surface area (Å²) in [5.74, 6) is 1.87. The van der Waals surface area contributed by atoms with E-state index in [1.807, 2.05) is 58.8 Å². The summed E-state index contributed by atoms with van der Waals surface area (Å²) in [5.41, 5.74) is 1.78. The molecule has 0 spiro atoms. The van der Waals surface area contributed by atoms with Crippen LogP contribution in [-0.4, -0.2) is 78.2 Å². The molecule has 3 aromatic rings. The Labute approximate surface area is 222 Å². The van der Waals surface area contributed by atoms with Gasteiger partial charge in [-0.1, -0.05) is 26.3 Å². The van der Waals surface area contributed by atoms with Crippen molar-refractivity contribution in [2.75, 3.05) is 51.3 Å². The lowest BCUT2D eigenvalue weighted by Crippen LogP contribution is -2.45. The van der Waals surface area contributed by atoms with E-state index in [-0.39, 0.29) is 18.4 Å². The van der Waals surface area contributed by atoms with Crippen molar-refractivity contribution in [2.24, 2.45) is 5.92 Å².